The molecule has 0 aliphatic carbocycles. The van der Waals surface area contributed by atoms with Crippen LogP contribution < -0.4 is 5.32 Å². The standard InChI is InChI=1S/C13H25BBrNO4/c1-11(2,3)18-10(17)16-9(8-15)14-19-12(4,5)13(6,7)20-14/h9H,8H2,1-7H3,(H,16,17). The highest BCUT2D eigenvalue weighted by molar-refractivity contribution is 9.09. The molecule has 0 spiro atoms. The van der Waals surface area contributed by atoms with Crippen LogP contribution in [0.4, 0.5) is 4.79 Å². The van der Waals surface area contributed by atoms with E-state index in [4.69, 9.17) is 14.0 Å². The number of halogens is 1. The van der Waals surface area contributed by atoms with Gasteiger partial charge in [0.1, 0.15) is 5.60 Å². The molecule has 1 heterocycles. The fraction of sp³-hybridized carbons (Fsp3) is 0.923. The zero-order valence-electron chi connectivity index (χ0n) is 13.4. The topological polar surface area (TPSA) is 56.8 Å². The largest absolute Gasteiger partial charge is 0.482 e. The molecule has 0 aromatic rings. The summed E-state index contributed by atoms with van der Waals surface area (Å²) in [6.45, 7) is 13.4. The Morgan fingerprint density at radius 1 is 1.25 bits per heavy atom. The predicted molar refractivity (Wildman–Crippen MR) is 83.0 cm³/mol. The van der Waals surface area contributed by atoms with Crippen molar-refractivity contribution in [2.45, 2.75) is 71.2 Å². The molecule has 116 valence electrons. The van der Waals surface area contributed by atoms with Gasteiger partial charge in [0.15, 0.2) is 0 Å². The molecule has 5 nitrogen and oxygen atoms in total. The van der Waals surface area contributed by atoms with Gasteiger partial charge in [-0.15, -0.1) is 0 Å². The third-order valence-electron chi connectivity index (χ3n) is 3.47. The molecule has 0 aromatic heterocycles. The molecule has 1 N–H and O–H groups in total. The van der Waals surface area contributed by atoms with Gasteiger partial charge in [0, 0.05) is 5.33 Å². The first-order valence-electron chi connectivity index (χ1n) is 6.79. The maximum Gasteiger partial charge on any atom is 0.482 e. The van der Waals surface area contributed by atoms with Crippen LogP contribution in [0.15, 0.2) is 0 Å². The SMILES string of the molecule is CC(C)(C)OC(=O)NC(CBr)B1OC(C)(C)C(C)(C)O1. The number of carbonyl (C=O) groups is 1. The molecule has 7 heteroatoms. The lowest BCUT2D eigenvalue weighted by Gasteiger charge is -2.32. The number of hydrogen-bond acceptors (Lipinski definition) is 4. The maximum atomic E-state index is 11.8. The molecular weight excluding hydrogens is 325 g/mol. The second-order valence-electron chi connectivity index (χ2n) is 7.03. The Labute approximate surface area is 130 Å². The second kappa shape index (κ2) is 5.85. The minimum absolute atomic E-state index is 0.314. The van der Waals surface area contributed by atoms with Crippen molar-refractivity contribution < 1.29 is 18.8 Å². The highest BCUT2D eigenvalue weighted by Gasteiger charge is 2.54. The van der Waals surface area contributed by atoms with E-state index in [0.717, 1.165) is 0 Å². The van der Waals surface area contributed by atoms with Gasteiger partial charge >= 0.3 is 13.2 Å². The second-order valence-corrected chi connectivity index (χ2v) is 7.68. The summed E-state index contributed by atoms with van der Waals surface area (Å²) in [4.78, 5) is 11.8. The third kappa shape index (κ3) is 4.36. The van der Waals surface area contributed by atoms with Gasteiger partial charge in [-0.1, -0.05) is 15.9 Å². The van der Waals surface area contributed by atoms with Crippen molar-refractivity contribution in [3.63, 3.8) is 0 Å². The predicted octanol–water partition coefficient (Wildman–Crippen LogP) is 2.91. The Bertz CT molecular complexity index is 352. The van der Waals surface area contributed by atoms with Crippen LogP contribution in [0.1, 0.15) is 48.5 Å². The smallest absolute Gasteiger partial charge is 0.444 e. The van der Waals surface area contributed by atoms with E-state index in [9.17, 15) is 4.79 Å². The summed E-state index contributed by atoms with van der Waals surface area (Å²) in [6.07, 6.45) is -0.475. The normalized spacial score (nSPS) is 22.5. The Balaban J connectivity index is 2.67. The van der Waals surface area contributed by atoms with Crippen molar-refractivity contribution in [3.05, 3.63) is 0 Å². The number of alkyl carbamates (subject to hydrolysis) is 1. The van der Waals surface area contributed by atoms with E-state index in [-0.39, 0.29) is 5.94 Å². The van der Waals surface area contributed by atoms with E-state index < -0.39 is 30.0 Å². The van der Waals surface area contributed by atoms with Crippen molar-refractivity contribution in [1.82, 2.24) is 5.32 Å². The number of alkyl halides is 1. The van der Waals surface area contributed by atoms with Crippen molar-refractivity contribution in [2.24, 2.45) is 0 Å². The highest BCUT2D eigenvalue weighted by Crippen LogP contribution is 2.37. The molecule has 1 fully saturated rings. The first-order chi connectivity index (χ1) is 8.88. The van der Waals surface area contributed by atoms with Crippen molar-refractivity contribution in [3.8, 4) is 0 Å². The summed E-state index contributed by atoms with van der Waals surface area (Å²) in [5.74, 6) is -0.314. The van der Waals surface area contributed by atoms with E-state index in [1.54, 1.807) is 0 Å². The Kier molecular flexibility index (Phi) is 5.20. The summed E-state index contributed by atoms with van der Waals surface area (Å²) in [5.41, 5.74) is -1.38. The van der Waals surface area contributed by atoms with Crippen LogP contribution in [-0.4, -0.2) is 41.3 Å². The van der Waals surface area contributed by atoms with Gasteiger partial charge in [0.05, 0.1) is 17.1 Å². The van der Waals surface area contributed by atoms with Gasteiger partial charge in [-0.25, -0.2) is 4.79 Å². The zero-order valence-corrected chi connectivity index (χ0v) is 15.0. The lowest BCUT2D eigenvalue weighted by molar-refractivity contribution is 0.00578. The fourth-order valence-corrected chi connectivity index (χ4v) is 2.16. The van der Waals surface area contributed by atoms with Gasteiger partial charge < -0.3 is 19.4 Å². The molecule has 1 aliphatic heterocycles. The van der Waals surface area contributed by atoms with Gasteiger partial charge in [0.25, 0.3) is 0 Å². The number of rotatable bonds is 3. The first-order valence-corrected chi connectivity index (χ1v) is 7.91. The van der Waals surface area contributed by atoms with Gasteiger partial charge in [-0.3, -0.25) is 0 Å². The highest BCUT2D eigenvalue weighted by atomic mass is 79.9. The van der Waals surface area contributed by atoms with Crippen LogP contribution in [0, 0.1) is 0 Å². The zero-order chi connectivity index (χ0) is 15.8. The molecule has 1 unspecified atom stereocenters. The number of nitrogens with one attached hydrogen (secondary N) is 1. The number of amides is 1. The average Bonchev–Trinajstić information content (AvgIpc) is 2.42. The fourth-order valence-electron chi connectivity index (χ4n) is 1.69. The summed E-state index contributed by atoms with van der Waals surface area (Å²) >= 11 is 3.38. The molecule has 0 radical (unpaired) electrons. The molecule has 1 saturated heterocycles. The number of ether oxygens (including phenoxy) is 1. The molecule has 0 bridgehead atoms. The summed E-state index contributed by atoms with van der Waals surface area (Å²) in [7, 11) is -0.508. The van der Waals surface area contributed by atoms with Crippen molar-refractivity contribution in [1.29, 1.82) is 0 Å². The minimum Gasteiger partial charge on any atom is -0.444 e. The maximum absolute atomic E-state index is 11.8. The molecule has 0 aromatic carbocycles. The van der Waals surface area contributed by atoms with Crippen LogP contribution in [-0.2, 0) is 14.0 Å². The monoisotopic (exact) mass is 349 g/mol. The first kappa shape index (κ1) is 17.8. The van der Waals surface area contributed by atoms with Gasteiger partial charge in [-0.2, -0.15) is 0 Å². The summed E-state index contributed by atoms with van der Waals surface area (Å²) in [6, 6.07) is 0. The van der Waals surface area contributed by atoms with Crippen LogP contribution in [0.25, 0.3) is 0 Å². The molecule has 1 amide bonds. The number of carbonyl (C=O) groups excluding carboxylic acids is 1. The Hall–Kier alpha value is -0.265. The molecule has 0 saturated carbocycles. The molecule has 1 rings (SSSR count). The van der Waals surface area contributed by atoms with Gasteiger partial charge in [-0.05, 0) is 48.5 Å². The van der Waals surface area contributed by atoms with E-state index in [2.05, 4.69) is 21.2 Å². The van der Waals surface area contributed by atoms with E-state index in [0.29, 0.717) is 5.33 Å². The van der Waals surface area contributed by atoms with Gasteiger partial charge in [0.2, 0.25) is 0 Å². The van der Waals surface area contributed by atoms with Crippen LogP contribution in [0.5, 0.6) is 0 Å². The lowest BCUT2D eigenvalue weighted by atomic mass is 9.80. The third-order valence-corrected chi connectivity index (χ3v) is 4.17. The summed E-state index contributed by atoms with van der Waals surface area (Å²) in [5, 5.41) is 3.30. The van der Waals surface area contributed by atoms with Crippen LogP contribution in [0.2, 0.25) is 0 Å². The Morgan fingerprint density at radius 3 is 2.05 bits per heavy atom. The van der Waals surface area contributed by atoms with E-state index in [1.165, 1.54) is 0 Å². The van der Waals surface area contributed by atoms with E-state index in [1.807, 2.05) is 48.5 Å². The molecule has 1 aliphatic rings. The molecule has 1 atom stereocenters. The summed E-state index contributed by atoms with van der Waals surface area (Å²) < 4.78 is 17.1. The molecule has 20 heavy (non-hydrogen) atoms. The molecular formula is C13H25BBrNO4. The minimum atomic E-state index is -0.531. The quantitative estimate of drug-likeness (QED) is 0.628. The van der Waals surface area contributed by atoms with Crippen molar-refractivity contribution in [2.75, 3.05) is 5.33 Å². The van der Waals surface area contributed by atoms with Crippen molar-refractivity contribution >= 4 is 29.1 Å². The Morgan fingerprint density at radius 2 is 1.70 bits per heavy atom. The van der Waals surface area contributed by atoms with E-state index >= 15 is 0 Å². The van der Waals surface area contributed by atoms with Crippen LogP contribution >= 0.6 is 15.9 Å². The van der Waals surface area contributed by atoms with Crippen LogP contribution in [0.3, 0.4) is 0 Å². The average molecular weight is 350 g/mol. The number of hydrogen-bond donors (Lipinski definition) is 1. The lowest BCUT2D eigenvalue weighted by Crippen LogP contribution is -2.50.